The molecular weight excluding hydrogens is 192 g/mol. The lowest BCUT2D eigenvalue weighted by molar-refractivity contribution is 0.730. The van der Waals surface area contributed by atoms with Gasteiger partial charge < -0.3 is 4.57 Å². The minimum atomic E-state index is -0.0339. The average Bonchev–Trinajstić information content (AvgIpc) is 2.73. The van der Waals surface area contributed by atoms with E-state index in [4.69, 9.17) is 0 Å². The molecule has 0 bridgehead atoms. The number of rotatable bonds is 2. The Balaban J connectivity index is 2.69. The summed E-state index contributed by atoms with van der Waals surface area (Å²) in [5, 5.41) is 2.97. The van der Waals surface area contributed by atoms with Gasteiger partial charge in [0.05, 0.1) is 0 Å². The van der Waals surface area contributed by atoms with Crippen LogP contribution >= 0.6 is 0 Å². The van der Waals surface area contributed by atoms with Gasteiger partial charge in [0, 0.05) is 31.7 Å². The highest BCUT2D eigenvalue weighted by Crippen LogP contribution is 2.15. The molecule has 0 spiro atoms. The van der Waals surface area contributed by atoms with Crippen LogP contribution in [0.3, 0.4) is 0 Å². The average molecular weight is 206 g/mol. The highest BCUT2D eigenvalue weighted by molar-refractivity contribution is 5.57. The fraction of sp³-hybridized carbons (Fsp3) is 0.400. The molecule has 0 aliphatic carbocycles. The van der Waals surface area contributed by atoms with E-state index < -0.39 is 0 Å². The normalized spacial score (nSPS) is 10.9. The van der Waals surface area contributed by atoms with Gasteiger partial charge in [0.1, 0.15) is 11.4 Å². The fourth-order valence-corrected chi connectivity index (χ4v) is 1.74. The number of imidazole rings is 1. The zero-order chi connectivity index (χ0) is 11.0. The van der Waals surface area contributed by atoms with E-state index in [0.29, 0.717) is 5.56 Å². The van der Waals surface area contributed by atoms with E-state index in [0.717, 1.165) is 18.1 Å². The van der Waals surface area contributed by atoms with Gasteiger partial charge in [0.2, 0.25) is 0 Å². The van der Waals surface area contributed by atoms with Gasteiger partial charge in [0.25, 0.3) is 5.56 Å². The summed E-state index contributed by atoms with van der Waals surface area (Å²) in [4.78, 5) is 16.1. The molecule has 0 aliphatic heterocycles. The predicted octanol–water partition coefficient (Wildman–Crippen LogP) is 0.905. The summed E-state index contributed by atoms with van der Waals surface area (Å²) >= 11 is 0. The molecule has 80 valence electrons. The van der Waals surface area contributed by atoms with Crippen molar-refractivity contribution in [3.8, 4) is 11.4 Å². The number of H-pyrrole nitrogens is 1. The summed E-state index contributed by atoms with van der Waals surface area (Å²) in [6.45, 7) is 4.71. The Hall–Kier alpha value is -1.78. The first-order chi connectivity index (χ1) is 7.15. The van der Waals surface area contributed by atoms with E-state index >= 15 is 0 Å². The van der Waals surface area contributed by atoms with Crippen LogP contribution < -0.4 is 5.56 Å². The van der Waals surface area contributed by atoms with Crippen molar-refractivity contribution in [2.75, 3.05) is 0 Å². The zero-order valence-electron chi connectivity index (χ0n) is 9.11. The molecular formula is C10H14N4O. The monoisotopic (exact) mass is 206 g/mol. The van der Waals surface area contributed by atoms with Gasteiger partial charge >= 0.3 is 0 Å². The minimum absolute atomic E-state index is 0.0339. The molecule has 0 aliphatic rings. The van der Waals surface area contributed by atoms with Crippen molar-refractivity contribution in [3.05, 3.63) is 28.4 Å². The maximum atomic E-state index is 11.8. The molecule has 2 aromatic rings. The molecule has 1 N–H and O–H groups in total. The Kier molecular flexibility index (Phi) is 2.22. The van der Waals surface area contributed by atoms with Crippen molar-refractivity contribution in [1.82, 2.24) is 19.3 Å². The van der Waals surface area contributed by atoms with Crippen molar-refractivity contribution < 1.29 is 0 Å². The molecule has 2 rings (SSSR count). The lowest BCUT2D eigenvalue weighted by Gasteiger charge is -2.01. The number of aromatic amines is 1. The first-order valence-corrected chi connectivity index (χ1v) is 4.92. The lowest BCUT2D eigenvalue weighted by atomic mass is 10.2. The Morgan fingerprint density at radius 3 is 2.80 bits per heavy atom. The van der Waals surface area contributed by atoms with Crippen LogP contribution in [0, 0.1) is 6.92 Å². The highest BCUT2D eigenvalue weighted by Gasteiger charge is 2.15. The summed E-state index contributed by atoms with van der Waals surface area (Å²) in [7, 11) is 1.71. The molecule has 0 saturated carbocycles. The minimum Gasteiger partial charge on any atom is -0.331 e. The van der Waals surface area contributed by atoms with E-state index in [9.17, 15) is 4.79 Å². The third-order valence-corrected chi connectivity index (χ3v) is 2.51. The van der Waals surface area contributed by atoms with Gasteiger partial charge in [-0.15, -0.1) is 0 Å². The lowest BCUT2D eigenvalue weighted by Crippen LogP contribution is -2.14. The Bertz CT molecular complexity index is 532. The molecule has 0 saturated heterocycles. The first kappa shape index (κ1) is 9.76. The fourth-order valence-electron chi connectivity index (χ4n) is 1.74. The quantitative estimate of drug-likeness (QED) is 0.793. The van der Waals surface area contributed by atoms with E-state index in [1.807, 2.05) is 24.6 Å². The molecule has 15 heavy (non-hydrogen) atoms. The molecule has 0 aromatic carbocycles. The second-order valence-corrected chi connectivity index (χ2v) is 3.51. The number of nitrogens with one attached hydrogen (secondary N) is 1. The third-order valence-electron chi connectivity index (χ3n) is 2.51. The summed E-state index contributed by atoms with van der Waals surface area (Å²) < 4.78 is 3.43. The molecule has 5 heteroatoms. The van der Waals surface area contributed by atoms with Crippen LogP contribution in [-0.4, -0.2) is 19.3 Å². The van der Waals surface area contributed by atoms with Gasteiger partial charge in [-0.2, -0.15) is 0 Å². The van der Waals surface area contributed by atoms with Crippen molar-refractivity contribution in [1.29, 1.82) is 0 Å². The van der Waals surface area contributed by atoms with Crippen LogP contribution in [0.2, 0.25) is 0 Å². The predicted molar refractivity (Wildman–Crippen MR) is 57.7 cm³/mol. The highest BCUT2D eigenvalue weighted by atomic mass is 16.1. The second-order valence-electron chi connectivity index (χ2n) is 3.51. The van der Waals surface area contributed by atoms with Gasteiger partial charge in [-0.25, -0.2) is 4.98 Å². The topological polar surface area (TPSA) is 55.6 Å². The molecule has 0 fully saturated rings. The van der Waals surface area contributed by atoms with E-state index in [2.05, 4.69) is 10.1 Å². The first-order valence-electron chi connectivity index (χ1n) is 4.92. The number of aromatic nitrogens is 4. The van der Waals surface area contributed by atoms with Crippen molar-refractivity contribution >= 4 is 0 Å². The number of nitrogens with zero attached hydrogens (tertiary/aromatic N) is 3. The second kappa shape index (κ2) is 3.42. The number of hydrogen-bond acceptors (Lipinski definition) is 2. The van der Waals surface area contributed by atoms with Gasteiger partial charge in [-0.05, 0) is 13.8 Å². The maximum Gasteiger partial charge on any atom is 0.277 e. The molecule has 2 aromatic heterocycles. The van der Waals surface area contributed by atoms with E-state index in [-0.39, 0.29) is 5.56 Å². The molecule has 0 unspecified atom stereocenters. The van der Waals surface area contributed by atoms with Crippen LogP contribution in [0.1, 0.15) is 12.6 Å². The summed E-state index contributed by atoms with van der Waals surface area (Å²) in [5.74, 6) is 0.733. The zero-order valence-corrected chi connectivity index (χ0v) is 9.11. The largest absolute Gasteiger partial charge is 0.331 e. The molecule has 0 radical (unpaired) electrons. The molecule has 0 atom stereocenters. The van der Waals surface area contributed by atoms with Crippen LogP contribution in [0.4, 0.5) is 0 Å². The van der Waals surface area contributed by atoms with Crippen molar-refractivity contribution in [3.63, 3.8) is 0 Å². The van der Waals surface area contributed by atoms with Gasteiger partial charge in [-0.3, -0.25) is 14.6 Å². The summed E-state index contributed by atoms with van der Waals surface area (Å²) in [6.07, 6.45) is 3.59. The van der Waals surface area contributed by atoms with Crippen LogP contribution in [0.5, 0.6) is 0 Å². The third kappa shape index (κ3) is 1.40. The molecule has 2 heterocycles. The van der Waals surface area contributed by atoms with Crippen LogP contribution in [0.25, 0.3) is 11.4 Å². The van der Waals surface area contributed by atoms with E-state index in [1.165, 1.54) is 4.68 Å². The summed E-state index contributed by atoms with van der Waals surface area (Å²) in [5.41, 5.74) is 1.47. The molecule has 5 nitrogen and oxygen atoms in total. The van der Waals surface area contributed by atoms with Crippen molar-refractivity contribution in [2.24, 2.45) is 7.05 Å². The Labute approximate surface area is 87.4 Å². The van der Waals surface area contributed by atoms with Crippen molar-refractivity contribution in [2.45, 2.75) is 20.4 Å². The Morgan fingerprint density at radius 1 is 1.53 bits per heavy atom. The molecule has 0 amide bonds. The van der Waals surface area contributed by atoms with Crippen LogP contribution in [0.15, 0.2) is 17.2 Å². The number of aryl methyl sites for hydroxylation is 3. The number of hydrogen-bond donors (Lipinski definition) is 1. The van der Waals surface area contributed by atoms with Crippen LogP contribution in [-0.2, 0) is 13.6 Å². The van der Waals surface area contributed by atoms with Gasteiger partial charge in [0.15, 0.2) is 0 Å². The van der Waals surface area contributed by atoms with E-state index in [1.54, 1.807) is 13.2 Å². The maximum absolute atomic E-state index is 11.8. The standard InChI is InChI=1S/C10H14N4O/c1-4-14-6-5-11-9(14)8-7(2)12-13(3)10(8)15/h5-6,12H,4H2,1-3H3. The van der Waals surface area contributed by atoms with Gasteiger partial charge in [-0.1, -0.05) is 0 Å². The SMILES string of the molecule is CCn1ccnc1-c1c(C)[nH]n(C)c1=O. The Morgan fingerprint density at radius 2 is 2.27 bits per heavy atom. The summed E-state index contributed by atoms with van der Waals surface area (Å²) in [6, 6.07) is 0. The smallest absolute Gasteiger partial charge is 0.277 e.